The van der Waals surface area contributed by atoms with E-state index in [1.165, 1.54) is 19.3 Å². The van der Waals surface area contributed by atoms with Gasteiger partial charge in [-0.05, 0) is 25.8 Å². The largest absolute Gasteiger partial charge is 0.313 e. The maximum absolute atomic E-state index is 10.7. The normalized spacial score (nSPS) is 26.2. The van der Waals surface area contributed by atoms with Crippen LogP contribution in [0.4, 0.5) is 0 Å². The first-order chi connectivity index (χ1) is 6.88. The summed E-state index contributed by atoms with van der Waals surface area (Å²) in [5.41, 5.74) is 0. The van der Waals surface area contributed by atoms with Crippen LogP contribution >= 0.6 is 0 Å². The van der Waals surface area contributed by atoms with Gasteiger partial charge in [-0.1, -0.05) is 33.6 Å². The maximum Gasteiger partial charge on any atom is 0.124 e. The lowest BCUT2D eigenvalue weighted by Gasteiger charge is -2.28. The number of carbonyl (C=O) groups is 1. The zero-order valence-electron chi connectivity index (χ0n) is 9.88. The lowest BCUT2D eigenvalue weighted by atomic mass is 9.85. The van der Waals surface area contributed by atoms with Gasteiger partial charge in [0.25, 0.3) is 0 Å². The van der Waals surface area contributed by atoms with Crippen molar-refractivity contribution < 1.29 is 4.79 Å². The van der Waals surface area contributed by atoms with Crippen LogP contribution in [0.1, 0.15) is 52.9 Å². The standard InChI is InChI=1S/C10H19NO.C2H6/c1-2-7-11-10-6-4-3-5-9(10)8-12;1-2/h8-11H,2-7H2,1H3;1-2H3. The minimum atomic E-state index is 0.283. The van der Waals surface area contributed by atoms with Gasteiger partial charge in [-0.15, -0.1) is 0 Å². The molecule has 0 spiro atoms. The van der Waals surface area contributed by atoms with Crippen molar-refractivity contribution in [1.82, 2.24) is 5.32 Å². The van der Waals surface area contributed by atoms with Gasteiger partial charge in [0.15, 0.2) is 0 Å². The molecule has 1 fully saturated rings. The summed E-state index contributed by atoms with van der Waals surface area (Å²) in [6.45, 7) is 7.21. The third-order valence-electron chi connectivity index (χ3n) is 2.65. The Bertz CT molecular complexity index is 136. The molecular weight excluding hydrogens is 174 g/mol. The Kier molecular flexibility index (Phi) is 8.95. The van der Waals surface area contributed by atoms with E-state index in [1.54, 1.807) is 0 Å². The molecule has 0 aromatic carbocycles. The second-order valence-corrected chi connectivity index (χ2v) is 3.65. The van der Waals surface area contributed by atoms with Crippen molar-refractivity contribution in [2.45, 2.75) is 58.9 Å². The number of carbonyl (C=O) groups excluding carboxylic acids is 1. The van der Waals surface area contributed by atoms with Gasteiger partial charge in [-0.2, -0.15) is 0 Å². The summed E-state index contributed by atoms with van der Waals surface area (Å²) >= 11 is 0. The molecule has 0 aromatic rings. The van der Waals surface area contributed by atoms with E-state index in [0.29, 0.717) is 6.04 Å². The van der Waals surface area contributed by atoms with Gasteiger partial charge in [0.2, 0.25) is 0 Å². The average molecular weight is 199 g/mol. The highest BCUT2D eigenvalue weighted by atomic mass is 16.1. The third-order valence-corrected chi connectivity index (χ3v) is 2.65. The van der Waals surface area contributed by atoms with E-state index in [0.717, 1.165) is 25.7 Å². The van der Waals surface area contributed by atoms with Crippen LogP contribution in [-0.4, -0.2) is 18.9 Å². The lowest BCUT2D eigenvalue weighted by molar-refractivity contribution is -0.112. The van der Waals surface area contributed by atoms with Crippen LogP contribution in [-0.2, 0) is 4.79 Å². The summed E-state index contributed by atoms with van der Waals surface area (Å²) in [5, 5.41) is 3.44. The average Bonchev–Trinajstić information content (AvgIpc) is 2.29. The van der Waals surface area contributed by atoms with Crippen LogP contribution in [0, 0.1) is 5.92 Å². The highest BCUT2D eigenvalue weighted by Crippen LogP contribution is 2.22. The SMILES string of the molecule is CC.CCCNC1CCCCC1C=O. The second-order valence-electron chi connectivity index (χ2n) is 3.65. The van der Waals surface area contributed by atoms with Crippen LogP contribution in [0.5, 0.6) is 0 Å². The van der Waals surface area contributed by atoms with Gasteiger partial charge in [0, 0.05) is 12.0 Å². The molecule has 0 amide bonds. The Morgan fingerprint density at radius 2 is 1.93 bits per heavy atom. The predicted molar refractivity (Wildman–Crippen MR) is 61.5 cm³/mol. The van der Waals surface area contributed by atoms with E-state index in [1.807, 2.05) is 13.8 Å². The Morgan fingerprint density at radius 3 is 2.50 bits per heavy atom. The molecule has 0 aromatic heterocycles. The van der Waals surface area contributed by atoms with Crippen molar-refractivity contribution in [2.75, 3.05) is 6.54 Å². The van der Waals surface area contributed by atoms with Crippen molar-refractivity contribution in [1.29, 1.82) is 0 Å². The highest BCUT2D eigenvalue weighted by molar-refractivity contribution is 5.54. The second kappa shape index (κ2) is 9.20. The fourth-order valence-corrected chi connectivity index (χ4v) is 1.91. The molecule has 1 aliphatic rings. The van der Waals surface area contributed by atoms with Crippen LogP contribution in [0.15, 0.2) is 0 Å². The molecule has 0 radical (unpaired) electrons. The van der Waals surface area contributed by atoms with Gasteiger partial charge < -0.3 is 10.1 Å². The molecule has 2 atom stereocenters. The Hall–Kier alpha value is -0.370. The maximum atomic E-state index is 10.7. The quantitative estimate of drug-likeness (QED) is 0.705. The summed E-state index contributed by atoms with van der Waals surface area (Å²) in [4.78, 5) is 10.7. The highest BCUT2D eigenvalue weighted by Gasteiger charge is 2.23. The van der Waals surface area contributed by atoms with E-state index in [9.17, 15) is 4.79 Å². The molecule has 1 aliphatic carbocycles. The molecule has 1 N–H and O–H groups in total. The summed E-state index contributed by atoms with van der Waals surface area (Å²) in [7, 11) is 0. The van der Waals surface area contributed by atoms with Gasteiger partial charge in [-0.3, -0.25) is 0 Å². The minimum absolute atomic E-state index is 0.283. The van der Waals surface area contributed by atoms with Crippen molar-refractivity contribution in [3.8, 4) is 0 Å². The predicted octanol–water partition coefficient (Wildman–Crippen LogP) is 2.77. The summed E-state index contributed by atoms with van der Waals surface area (Å²) in [5.74, 6) is 0.283. The summed E-state index contributed by atoms with van der Waals surface area (Å²) < 4.78 is 0. The van der Waals surface area contributed by atoms with Crippen LogP contribution in [0.2, 0.25) is 0 Å². The lowest BCUT2D eigenvalue weighted by Crippen LogP contribution is -2.39. The molecule has 2 nitrogen and oxygen atoms in total. The van der Waals surface area contributed by atoms with E-state index in [-0.39, 0.29) is 5.92 Å². The molecule has 1 rings (SSSR count). The van der Waals surface area contributed by atoms with E-state index in [4.69, 9.17) is 0 Å². The van der Waals surface area contributed by atoms with Gasteiger partial charge in [-0.25, -0.2) is 0 Å². The minimum Gasteiger partial charge on any atom is -0.313 e. The third kappa shape index (κ3) is 4.75. The van der Waals surface area contributed by atoms with Gasteiger partial charge in [0.1, 0.15) is 6.29 Å². The summed E-state index contributed by atoms with van der Waals surface area (Å²) in [6, 6.07) is 0.469. The van der Waals surface area contributed by atoms with Crippen molar-refractivity contribution >= 4 is 6.29 Å². The monoisotopic (exact) mass is 199 g/mol. The van der Waals surface area contributed by atoms with Crippen molar-refractivity contribution in [2.24, 2.45) is 5.92 Å². The molecule has 2 unspecified atom stereocenters. The Balaban J connectivity index is 0.000000791. The van der Waals surface area contributed by atoms with E-state index >= 15 is 0 Å². The fraction of sp³-hybridized carbons (Fsp3) is 0.917. The zero-order valence-corrected chi connectivity index (χ0v) is 9.88. The fourth-order valence-electron chi connectivity index (χ4n) is 1.91. The molecule has 1 saturated carbocycles. The van der Waals surface area contributed by atoms with Gasteiger partial charge in [0.05, 0.1) is 0 Å². The van der Waals surface area contributed by atoms with E-state index in [2.05, 4.69) is 12.2 Å². The number of aldehydes is 1. The Morgan fingerprint density at radius 1 is 1.29 bits per heavy atom. The summed E-state index contributed by atoms with van der Waals surface area (Å²) in [6.07, 6.45) is 7.07. The molecule has 2 heteroatoms. The van der Waals surface area contributed by atoms with Crippen molar-refractivity contribution in [3.05, 3.63) is 0 Å². The number of nitrogens with one attached hydrogen (secondary N) is 1. The van der Waals surface area contributed by atoms with Crippen molar-refractivity contribution in [3.63, 3.8) is 0 Å². The van der Waals surface area contributed by atoms with Crippen LogP contribution in [0.25, 0.3) is 0 Å². The number of hydrogen-bond acceptors (Lipinski definition) is 2. The Labute approximate surface area is 88.5 Å². The first-order valence-electron chi connectivity index (χ1n) is 6.07. The molecule has 0 bridgehead atoms. The number of rotatable bonds is 4. The molecule has 14 heavy (non-hydrogen) atoms. The number of hydrogen-bond donors (Lipinski definition) is 1. The molecule has 84 valence electrons. The first-order valence-corrected chi connectivity index (χ1v) is 6.07. The zero-order chi connectivity index (χ0) is 10.8. The topological polar surface area (TPSA) is 29.1 Å². The first kappa shape index (κ1) is 13.6. The molecular formula is C12H25NO. The molecule has 0 saturated heterocycles. The van der Waals surface area contributed by atoms with Crippen LogP contribution < -0.4 is 5.32 Å². The molecule has 0 aliphatic heterocycles. The van der Waals surface area contributed by atoms with Crippen LogP contribution in [0.3, 0.4) is 0 Å². The molecule has 0 heterocycles. The smallest absolute Gasteiger partial charge is 0.124 e. The van der Waals surface area contributed by atoms with Gasteiger partial charge >= 0.3 is 0 Å². The van der Waals surface area contributed by atoms with E-state index < -0.39 is 0 Å².